The molecule has 1 aromatic heterocycles. The second kappa shape index (κ2) is 3.06. The van der Waals surface area contributed by atoms with Gasteiger partial charge in [0.15, 0.2) is 0 Å². The zero-order valence-corrected chi connectivity index (χ0v) is 6.99. The van der Waals surface area contributed by atoms with Crippen LogP contribution in [-0.4, -0.2) is 51.2 Å². The highest BCUT2D eigenvalue weighted by Crippen LogP contribution is 2.09. The molecule has 0 aromatic carbocycles. The molecular formula is C6H12N6. The fourth-order valence-electron chi connectivity index (χ4n) is 1.32. The Morgan fingerprint density at radius 1 is 1.67 bits per heavy atom. The van der Waals surface area contributed by atoms with Crippen LogP contribution in [0.5, 0.6) is 0 Å². The Balaban J connectivity index is 1.77. The van der Waals surface area contributed by atoms with Crippen LogP contribution in [0.3, 0.4) is 0 Å². The van der Waals surface area contributed by atoms with Crippen LogP contribution in [0.15, 0.2) is 0 Å². The van der Waals surface area contributed by atoms with Crippen molar-refractivity contribution in [2.45, 2.75) is 13.0 Å². The van der Waals surface area contributed by atoms with E-state index in [9.17, 15) is 0 Å². The second-order valence-electron chi connectivity index (χ2n) is 2.93. The number of aromatic amines is 1. The molecule has 2 N–H and O–H groups in total. The van der Waals surface area contributed by atoms with Crippen molar-refractivity contribution in [2.75, 3.05) is 25.0 Å². The maximum Gasteiger partial charge on any atom is 0.263 e. The highest BCUT2D eigenvalue weighted by Gasteiger charge is 2.25. The van der Waals surface area contributed by atoms with Gasteiger partial charge < -0.3 is 5.32 Å². The van der Waals surface area contributed by atoms with Gasteiger partial charge in [-0.1, -0.05) is 12.0 Å². The topological polar surface area (TPSA) is 69.7 Å². The molecule has 0 unspecified atom stereocenters. The molecule has 0 aliphatic carbocycles. The molecule has 1 aliphatic rings. The number of H-pyrrole nitrogens is 1. The largest absolute Gasteiger partial charge is 0.346 e. The number of hydrogen-bond donors (Lipinski definition) is 2. The number of nitrogens with zero attached hydrogens (tertiary/aromatic N) is 4. The van der Waals surface area contributed by atoms with Crippen LogP contribution in [0, 0.1) is 0 Å². The van der Waals surface area contributed by atoms with Gasteiger partial charge in [0.25, 0.3) is 5.95 Å². The number of likely N-dealkylation sites (N-methyl/N-ethyl adjacent to an activating group) is 1. The van der Waals surface area contributed by atoms with Gasteiger partial charge in [0.2, 0.25) is 0 Å². The first-order valence-electron chi connectivity index (χ1n) is 4.11. The Kier molecular flexibility index (Phi) is 1.91. The van der Waals surface area contributed by atoms with E-state index in [0.29, 0.717) is 12.0 Å². The third-order valence-electron chi connectivity index (χ3n) is 2.08. The molecule has 0 radical (unpaired) electrons. The lowest BCUT2D eigenvalue weighted by atomic mass is 10.1. The Bertz CT molecular complexity index is 226. The molecule has 1 saturated heterocycles. The SMILES string of the molecule is CCN1CC(Nc2nn[nH]n2)C1. The van der Waals surface area contributed by atoms with E-state index in [1.54, 1.807) is 0 Å². The van der Waals surface area contributed by atoms with Crippen molar-refractivity contribution in [2.24, 2.45) is 0 Å². The van der Waals surface area contributed by atoms with Crippen molar-refractivity contribution in [1.29, 1.82) is 0 Å². The third kappa shape index (κ3) is 1.38. The number of likely N-dealkylation sites (tertiary alicyclic amines) is 1. The summed E-state index contributed by atoms with van der Waals surface area (Å²) in [5, 5.41) is 16.7. The van der Waals surface area contributed by atoms with Crippen molar-refractivity contribution < 1.29 is 0 Å². The summed E-state index contributed by atoms with van der Waals surface area (Å²) in [6.07, 6.45) is 0. The fourth-order valence-corrected chi connectivity index (χ4v) is 1.32. The van der Waals surface area contributed by atoms with Gasteiger partial charge in [-0.2, -0.15) is 5.21 Å². The summed E-state index contributed by atoms with van der Waals surface area (Å²) in [6.45, 7) is 5.42. The minimum absolute atomic E-state index is 0.488. The van der Waals surface area contributed by atoms with Crippen LogP contribution in [-0.2, 0) is 0 Å². The van der Waals surface area contributed by atoms with E-state index in [0.717, 1.165) is 19.6 Å². The van der Waals surface area contributed by atoms with Crippen LogP contribution in [0.25, 0.3) is 0 Å². The monoisotopic (exact) mass is 168 g/mol. The highest BCUT2D eigenvalue weighted by molar-refractivity contribution is 5.23. The number of tetrazole rings is 1. The summed E-state index contributed by atoms with van der Waals surface area (Å²) >= 11 is 0. The first-order chi connectivity index (χ1) is 5.88. The first-order valence-corrected chi connectivity index (χ1v) is 4.11. The number of hydrogen-bond acceptors (Lipinski definition) is 5. The average molecular weight is 168 g/mol. The summed E-state index contributed by atoms with van der Waals surface area (Å²) in [5.74, 6) is 0.593. The molecular weight excluding hydrogens is 156 g/mol. The fraction of sp³-hybridized carbons (Fsp3) is 0.833. The Morgan fingerprint density at radius 3 is 3.08 bits per heavy atom. The second-order valence-corrected chi connectivity index (χ2v) is 2.93. The van der Waals surface area contributed by atoms with E-state index in [1.165, 1.54) is 0 Å². The minimum atomic E-state index is 0.488. The van der Waals surface area contributed by atoms with Gasteiger partial charge in [-0.15, -0.1) is 5.10 Å². The number of anilines is 1. The Labute approximate surface area is 70.3 Å². The van der Waals surface area contributed by atoms with E-state index in [2.05, 4.69) is 37.8 Å². The van der Waals surface area contributed by atoms with E-state index < -0.39 is 0 Å². The summed E-state index contributed by atoms with van der Waals surface area (Å²) in [5.41, 5.74) is 0. The molecule has 1 aliphatic heterocycles. The number of aromatic nitrogens is 4. The molecule has 0 amide bonds. The predicted octanol–water partition coefficient (Wildman–Crippen LogP) is -0.684. The summed E-state index contributed by atoms with van der Waals surface area (Å²) in [7, 11) is 0. The molecule has 12 heavy (non-hydrogen) atoms. The molecule has 0 bridgehead atoms. The first kappa shape index (κ1) is 7.48. The van der Waals surface area contributed by atoms with Gasteiger partial charge in [-0.25, -0.2) is 0 Å². The van der Waals surface area contributed by atoms with Crippen LogP contribution in [0.4, 0.5) is 5.95 Å². The van der Waals surface area contributed by atoms with Gasteiger partial charge >= 0.3 is 0 Å². The molecule has 6 nitrogen and oxygen atoms in total. The predicted molar refractivity (Wildman–Crippen MR) is 43.7 cm³/mol. The molecule has 2 heterocycles. The Hall–Kier alpha value is -1.17. The quantitative estimate of drug-likeness (QED) is 0.625. The number of rotatable bonds is 3. The maximum absolute atomic E-state index is 3.81. The Morgan fingerprint density at radius 2 is 2.50 bits per heavy atom. The standard InChI is InChI=1S/C6H12N6/c1-2-12-3-5(4-12)7-6-8-10-11-9-6/h5H,2-4H2,1H3,(H2,7,8,9,10,11). The molecule has 66 valence electrons. The number of nitrogens with one attached hydrogen (secondary N) is 2. The van der Waals surface area contributed by atoms with E-state index >= 15 is 0 Å². The van der Waals surface area contributed by atoms with Crippen molar-refractivity contribution in [1.82, 2.24) is 25.5 Å². The lowest BCUT2D eigenvalue weighted by Gasteiger charge is -2.38. The van der Waals surface area contributed by atoms with Crippen LogP contribution in [0.1, 0.15) is 6.92 Å². The van der Waals surface area contributed by atoms with Gasteiger partial charge in [0, 0.05) is 13.1 Å². The summed E-state index contributed by atoms with van der Waals surface area (Å²) < 4.78 is 0. The van der Waals surface area contributed by atoms with Crippen molar-refractivity contribution in [3.63, 3.8) is 0 Å². The van der Waals surface area contributed by atoms with E-state index in [1.807, 2.05) is 0 Å². The zero-order valence-electron chi connectivity index (χ0n) is 6.99. The van der Waals surface area contributed by atoms with Crippen molar-refractivity contribution in [3.8, 4) is 0 Å². The van der Waals surface area contributed by atoms with Crippen LogP contribution >= 0.6 is 0 Å². The lowest BCUT2D eigenvalue weighted by molar-refractivity contribution is 0.171. The minimum Gasteiger partial charge on any atom is -0.346 e. The molecule has 0 atom stereocenters. The molecule has 1 aromatic rings. The molecule has 0 saturated carbocycles. The van der Waals surface area contributed by atoms with Gasteiger partial charge in [0.1, 0.15) is 0 Å². The summed E-state index contributed by atoms with van der Waals surface area (Å²) in [4.78, 5) is 2.34. The maximum atomic E-state index is 3.81. The van der Waals surface area contributed by atoms with Crippen molar-refractivity contribution >= 4 is 5.95 Å². The smallest absolute Gasteiger partial charge is 0.263 e. The highest BCUT2D eigenvalue weighted by atomic mass is 15.5. The molecule has 2 rings (SSSR count). The molecule has 6 heteroatoms. The van der Waals surface area contributed by atoms with Gasteiger partial charge in [-0.05, 0) is 11.8 Å². The van der Waals surface area contributed by atoms with E-state index in [-0.39, 0.29) is 0 Å². The van der Waals surface area contributed by atoms with Crippen LogP contribution in [0.2, 0.25) is 0 Å². The van der Waals surface area contributed by atoms with Gasteiger partial charge in [0.05, 0.1) is 6.04 Å². The lowest BCUT2D eigenvalue weighted by Crippen LogP contribution is -2.54. The van der Waals surface area contributed by atoms with Gasteiger partial charge in [-0.3, -0.25) is 4.90 Å². The van der Waals surface area contributed by atoms with E-state index in [4.69, 9.17) is 0 Å². The van der Waals surface area contributed by atoms with Crippen molar-refractivity contribution in [3.05, 3.63) is 0 Å². The molecule has 1 fully saturated rings. The molecule has 0 spiro atoms. The normalized spacial score (nSPS) is 19.1. The zero-order chi connectivity index (χ0) is 8.39. The third-order valence-corrected chi connectivity index (χ3v) is 2.08. The summed E-state index contributed by atoms with van der Waals surface area (Å²) in [6, 6.07) is 0.488. The average Bonchev–Trinajstić information content (AvgIpc) is 2.47. The van der Waals surface area contributed by atoms with Crippen LogP contribution < -0.4 is 5.32 Å².